The fourth-order valence-corrected chi connectivity index (χ4v) is 4.50. The number of anilines is 2. The molecule has 0 saturated heterocycles. The molecule has 2 aromatic carbocycles. The Kier molecular flexibility index (Phi) is 5.38. The number of aromatic nitrogens is 1. The van der Waals surface area contributed by atoms with Gasteiger partial charge >= 0.3 is 0 Å². The zero-order valence-corrected chi connectivity index (χ0v) is 17.3. The molecule has 0 saturated carbocycles. The van der Waals surface area contributed by atoms with Crippen LogP contribution >= 0.6 is 11.3 Å². The van der Waals surface area contributed by atoms with Gasteiger partial charge in [-0.1, -0.05) is 18.2 Å². The summed E-state index contributed by atoms with van der Waals surface area (Å²) >= 11 is 1.19. The Bertz CT molecular complexity index is 1210. The van der Waals surface area contributed by atoms with Crippen molar-refractivity contribution < 1.29 is 13.2 Å². The average Bonchev–Trinajstić information content (AvgIpc) is 3.35. The number of nitrogens with zero attached hydrogens (tertiary/aromatic N) is 5. The molecule has 30 heavy (non-hydrogen) atoms. The van der Waals surface area contributed by atoms with Crippen LogP contribution in [0.5, 0.6) is 0 Å². The lowest BCUT2D eigenvalue weighted by molar-refractivity contribution is -0.117. The highest BCUT2D eigenvalue weighted by Crippen LogP contribution is 2.24. The van der Waals surface area contributed by atoms with E-state index in [2.05, 4.69) is 25.0 Å². The van der Waals surface area contributed by atoms with Crippen LogP contribution in [0.1, 0.15) is 6.92 Å². The van der Waals surface area contributed by atoms with Crippen molar-refractivity contribution in [2.24, 2.45) is 15.3 Å². The molecular formula is C19H16N6O3S2. The maximum atomic E-state index is 12.6. The highest BCUT2D eigenvalue weighted by atomic mass is 32.2. The number of hydrogen-bond donors (Lipinski definition) is 1. The summed E-state index contributed by atoms with van der Waals surface area (Å²) in [6.07, 6.45) is 1.51. The van der Waals surface area contributed by atoms with E-state index in [0.29, 0.717) is 17.1 Å². The minimum atomic E-state index is -3.74. The number of thiazole rings is 1. The zero-order chi connectivity index (χ0) is 21.1. The summed E-state index contributed by atoms with van der Waals surface area (Å²) in [5, 5.41) is 15.7. The van der Waals surface area contributed by atoms with Gasteiger partial charge in [0.25, 0.3) is 15.9 Å². The van der Waals surface area contributed by atoms with Crippen LogP contribution in [-0.2, 0) is 14.8 Å². The molecule has 0 radical (unpaired) electrons. The zero-order valence-electron chi connectivity index (χ0n) is 15.7. The molecule has 1 aromatic heterocycles. The maximum absolute atomic E-state index is 12.6. The van der Waals surface area contributed by atoms with Gasteiger partial charge in [-0.3, -0.25) is 9.52 Å². The lowest BCUT2D eigenvalue weighted by Gasteiger charge is -2.11. The third kappa shape index (κ3) is 4.11. The Morgan fingerprint density at radius 3 is 2.50 bits per heavy atom. The largest absolute Gasteiger partial charge is 0.280 e. The predicted octanol–water partition coefficient (Wildman–Crippen LogP) is 3.82. The summed E-state index contributed by atoms with van der Waals surface area (Å²) in [6, 6.07) is 14.1. The van der Waals surface area contributed by atoms with Crippen molar-refractivity contribution in [3.8, 4) is 0 Å². The van der Waals surface area contributed by atoms with Crippen molar-refractivity contribution in [2.45, 2.75) is 17.9 Å². The van der Waals surface area contributed by atoms with Gasteiger partial charge in [0, 0.05) is 11.6 Å². The second kappa shape index (κ2) is 8.13. The second-order valence-electron chi connectivity index (χ2n) is 6.28. The van der Waals surface area contributed by atoms with Crippen LogP contribution in [0.3, 0.4) is 0 Å². The Labute approximate surface area is 176 Å². The van der Waals surface area contributed by atoms with Crippen LogP contribution in [-0.4, -0.2) is 31.1 Å². The quantitative estimate of drug-likeness (QED) is 0.586. The first kappa shape index (κ1) is 19.9. The molecule has 1 amide bonds. The van der Waals surface area contributed by atoms with Crippen LogP contribution in [0.2, 0.25) is 0 Å². The first-order valence-corrected chi connectivity index (χ1v) is 11.2. The van der Waals surface area contributed by atoms with Crippen LogP contribution in [0, 0.1) is 0 Å². The van der Waals surface area contributed by atoms with Gasteiger partial charge < -0.3 is 0 Å². The highest BCUT2D eigenvalue weighted by molar-refractivity contribution is 7.93. The number of nitrogens with one attached hydrogen (secondary N) is 1. The third-order valence-electron chi connectivity index (χ3n) is 4.19. The van der Waals surface area contributed by atoms with E-state index in [0.717, 1.165) is 0 Å². The van der Waals surface area contributed by atoms with Crippen LogP contribution in [0.25, 0.3) is 0 Å². The number of benzene rings is 2. The van der Waals surface area contributed by atoms with Gasteiger partial charge in [-0.05, 0) is 43.3 Å². The first-order chi connectivity index (χ1) is 14.4. The molecule has 11 heteroatoms. The van der Waals surface area contributed by atoms with E-state index >= 15 is 0 Å². The molecule has 1 aliphatic rings. The number of amides is 1. The monoisotopic (exact) mass is 440 g/mol. The molecule has 0 unspecified atom stereocenters. The number of hydrazone groups is 1. The molecule has 0 spiro atoms. The summed E-state index contributed by atoms with van der Waals surface area (Å²) in [7, 11) is -3.74. The van der Waals surface area contributed by atoms with Crippen molar-refractivity contribution in [1.82, 2.24) is 4.98 Å². The fourth-order valence-electron chi connectivity index (χ4n) is 2.71. The van der Waals surface area contributed by atoms with Crippen molar-refractivity contribution in [3.63, 3.8) is 0 Å². The molecule has 9 nitrogen and oxygen atoms in total. The summed E-state index contributed by atoms with van der Waals surface area (Å²) < 4.78 is 27.1. The Morgan fingerprint density at radius 2 is 1.83 bits per heavy atom. The Hall–Kier alpha value is -3.44. The van der Waals surface area contributed by atoms with E-state index in [-0.39, 0.29) is 15.9 Å². The summed E-state index contributed by atoms with van der Waals surface area (Å²) in [5.41, 5.74) is 1.60. The molecule has 1 aliphatic heterocycles. The minimum absolute atomic E-state index is 0.0709. The molecule has 1 atom stereocenters. The van der Waals surface area contributed by atoms with E-state index < -0.39 is 16.1 Å². The van der Waals surface area contributed by atoms with Crippen molar-refractivity contribution >= 4 is 49.5 Å². The van der Waals surface area contributed by atoms with Gasteiger partial charge in [-0.25, -0.2) is 13.4 Å². The molecule has 2 heterocycles. The van der Waals surface area contributed by atoms with Gasteiger partial charge in [0.2, 0.25) is 0 Å². The molecule has 3 aromatic rings. The van der Waals surface area contributed by atoms with E-state index in [1.807, 2.05) is 18.2 Å². The number of hydrogen-bond acceptors (Lipinski definition) is 8. The van der Waals surface area contributed by atoms with Crippen LogP contribution in [0.4, 0.5) is 16.5 Å². The van der Waals surface area contributed by atoms with E-state index in [1.54, 1.807) is 24.4 Å². The fraction of sp³-hybridized carbons (Fsp3) is 0.105. The molecule has 0 aliphatic carbocycles. The van der Waals surface area contributed by atoms with Crippen molar-refractivity contribution in [1.29, 1.82) is 0 Å². The van der Waals surface area contributed by atoms with Gasteiger partial charge in [0.15, 0.2) is 11.2 Å². The number of para-hydroxylation sites is 1. The van der Waals surface area contributed by atoms with Gasteiger partial charge in [0.05, 0.1) is 22.0 Å². The summed E-state index contributed by atoms with van der Waals surface area (Å²) in [6.45, 7) is 1.71. The SMILES string of the molecule is CC1=NN(c2ccccc2)C(=O)[C@@H]1N=Nc1ccc(S(=O)(=O)Nc2nccs2)cc1. The van der Waals surface area contributed by atoms with Crippen molar-refractivity contribution in [2.75, 3.05) is 9.73 Å². The van der Waals surface area contributed by atoms with E-state index in [9.17, 15) is 13.2 Å². The van der Waals surface area contributed by atoms with Crippen LogP contribution in [0.15, 0.2) is 86.4 Å². The average molecular weight is 441 g/mol. The lowest BCUT2D eigenvalue weighted by Crippen LogP contribution is -2.29. The van der Waals surface area contributed by atoms with Gasteiger partial charge in [-0.15, -0.1) is 11.3 Å². The summed E-state index contributed by atoms with van der Waals surface area (Å²) in [4.78, 5) is 16.6. The highest BCUT2D eigenvalue weighted by Gasteiger charge is 2.34. The molecular weight excluding hydrogens is 424 g/mol. The number of azo groups is 1. The van der Waals surface area contributed by atoms with Crippen LogP contribution < -0.4 is 9.73 Å². The van der Waals surface area contributed by atoms with E-state index in [4.69, 9.17) is 0 Å². The molecule has 0 fully saturated rings. The normalized spacial score (nSPS) is 16.8. The Morgan fingerprint density at radius 1 is 1.10 bits per heavy atom. The van der Waals surface area contributed by atoms with Crippen molar-refractivity contribution in [3.05, 3.63) is 66.2 Å². The summed E-state index contributed by atoms with van der Waals surface area (Å²) in [5.74, 6) is -0.297. The minimum Gasteiger partial charge on any atom is -0.269 e. The van der Waals surface area contributed by atoms with E-state index in [1.165, 1.54) is 46.8 Å². The molecule has 4 rings (SSSR count). The van der Waals surface area contributed by atoms with Gasteiger partial charge in [0.1, 0.15) is 0 Å². The standard InChI is InChI=1S/C19H16N6O3S2/c1-13-17(18(26)25(23-13)15-5-3-2-4-6-15)22-21-14-7-9-16(10-8-14)30(27,28)24-19-20-11-12-29-19/h2-12,17H,1H3,(H,20,24)/t17-/m1/s1. The van der Waals surface area contributed by atoms with Gasteiger partial charge in [-0.2, -0.15) is 20.3 Å². The third-order valence-corrected chi connectivity index (χ3v) is 6.36. The number of sulfonamides is 1. The molecule has 152 valence electrons. The molecule has 1 N–H and O–H groups in total. The first-order valence-electron chi connectivity index (χ1n) is 8.81. The number of carbonyl (C=O) groups is 1. The number of carbonyl (C=O) groups excluding carboxylic acids is 1. The topological polar surface area (TPSA) is 116 Å². The lowest BCUT2D eigenvalue weighted by atomic mass is 10.2. The maximum Gasteiger partial charge on any atom is 0.280 e. The second-order valence-corrected chi connectivity index (χ2v) is 8.86. The number of rotatable bonds is 6. The molecule has 0 bridgehead atoms. The smallest absolute Gasteiger partial charge is 0.269 e. The Balaban J connectivity index is 1.47. The predicted molar refractivity (Wildman–Crippen MR) is 115 cm³/mol.